The number of imidazole rings is 1. The SMILES string of the molecule is CN(c1nc2ccccc2n1C)C(C)(C)CBr. The quantitative estimate of drug-likeness (QED) is 0.811. The molecule has 0 unspecified atom stereocenters. The van der Waals surface area contributed by atoms with Crippen molar-refractivity contribution in [1.29, 1.82) is 0 Å². The molecular weight excluding hydrogens is 278 g/mol. The first kappa shape index (κ1) is 12.4. The number of anilines is 1. The van der Waals surface area contributed by atoms with E-state index in [1.54, 1.807) is 0 Å². The number of rotatable bonds is 3. The first-order chi connectivity index (χ1) is 7.97. The van der Waals surface area contributed by atoms with E-state index in [2.05, 4.69) is 59.4 Å². The van der Waals surface area contributed by atoms with Crippen LogP contribution in [0.15, 0.2) is 24.3 Å². The third kappa shape index (κ3) is 2.06. The lowest BCUT2D eigenvalue weighted by Crippen LogP contribution is -2.44. The average molecular weight is 296 g/mol. The van der Waals surface area contributed by atoms with Crippen molar-refractivity contribution < 1.29 is 0 Å². The summed E-state index contributed by atoms with van der Waals surface area (Å²) in [6.45, 7) is 4.39. The van der Waals surface area contributed by atoms with Gasteiger partial charge in [0, 0.05) is 25.0 Å². The van der Waals surface area contributed by atoms with Crippen LogP contribution in [-0.2, 0) is 7.05 Å². The summed E-state index contributed by atoms with van der Waals surface area (Å²) in [5.41, 5.74) is 2.25. The number of fused-ring (bicyclic) bond motifs is 1. The Morgan fingerprint density at radius 3 is 2.59 bits per heavy atom. The highest BCUT2D eigenvalue weighted by molar-refractivity contribution is 9.09. The zero-order chi connectivity index (χ0) is 12.6. The molecule has 0 amide bonds. The summed E-state index contributed by atoms with van der Waals surface area (Å²) < 4.78 is 2.14. The molecule has 2 rings (SSSR count). The molecule has 2 aromatic rings. The van der Waals surface area contributed by atoms with Crippen LogP contribution in [0.2, 0.25) is 0 Å². The monoisotopic (exact) mass is 295 g/mol. The Labute approximate surface area is 111 Å². The molecule has 92 valence electrons. The highest BCUT2D eigenvalue weighted by Crippen LogP contribution is 2.26. The summed E-state index contributed by atoms with van der Waals surface area (Å²) in [4.78, 5) is 6.90. The van der Waals surface area contributed by atoms with Gasteiger partial charge in [0.1, 0.15) is 0 Å². The molecule has 17 heavy (non-hydrogen) atoms. The Morgan fingerprint density at radius 1 is 1.35 bits per heavy atom. The van der Waals surface area contributed by atoms with Crippen LogP contribution < -0.4 is 4.90 Å². The number of alkyl halides is 1. The van der Waals surface area contributed by atoms with Gasteiger partial charge < -0.3 is 9.47 Å². The molecule has 0 aliphatic heterocycles. The maximum atomic E-state index is 4.69. The van der Waals surface area contributed by atoms with Crippen molar-refractivity contribution in [2.75, 3.05) is 17.3 Å². The minimum Gasteiger partial charge on any atom is -0.339 e. The highest BCUT2D eigenvalue weighted by atomic mass is 79.9. The van der Waals surface area contributed by atoms with E-state index in [9.17, 15) is 0 Å². The minimum atomic E-state index is 0.0368. The van der Waals surface area contributed by atoms with Crippen molar-refractivity contribution in [2.45, 2.75) is 19.4 Å². The molecule has 0 radical (unpaired) electrons. The second-order valence-corrected chi connectivity index (χ2v) is 5.53. The first-order valence-electron chi connectivity index (χ1n) is 5.68. The van der Waals surface area contributed by atoms with E-state index in [0.717, 1.165) is 16.8 Å². The Balaban J connectivity index is 2.53. The zero-order valence-corrected chi connectivity index (χ0v) is 12.3. The molecule has 1 aromatic carbocycles. The Bertz CT molecular complexity index is 530. The van der Waals surface area contributed by atoms with Crippen LogP contribution in [0.1, 0.15) is 13.8 Å². The van der Waals surface area contributed by atoms with Gasteiger partial charge in [-0.15, -0.1) is 0 Å². The molecule has 1 heterocycles. The van der Waals surface area contributed by atoms with Gasteiger partial charge >= 0.3 is 0 Å². The molecule has 0 saturated carbocycles. The predicted octanol–water partition coefficient (Wildman–Crippen LogP) is 3.18. The van der Waals surface area contributed by atoms with Gasteiger partial charge in [0.25, 0.3) is 0 Å². The van der Waals surface area contributed by atoms with Gasteiger partial charge in [0.05, 0.1) is 11.0 Å². The third-order valence-electron chi connectivity index (χ3n) is 3.30. The van der Waals surface area contributed by atoms with E-state index < -0.39 is 0 Å². The Morgan fingerprint density at radius 2 is 2.00 bits per heavy atom. The number of hydrogen-bond acceptors (Lipinski definition) is 2. The molecule has 3 nitrogen and oxygen atoms in total. The molecule has 0 saturated heterocycles. The zero-order valence-electron chi connectivity index (χ0n) is 10.7. The van der Waals surface area contributed by atoms with E-state index >= 15 is 0 Å². The molecule has 0 aliphatic rings. The van der Waals surface area contributed by atoms with Gasteiger partial charge in [0.2, 0.25) is 5.95 Å². The van der Waals surface area contributed by atoms with Crippen molar-refractivity contribution in [1.82, 2.24) is 9.55 Å². The molecular formula is C13H18BrN3. The normalized spacial score (nSPS) is 12.1. The maximum absolute atomic E-state index is 4.69. The number of aryl methyl sites for hydroxylation is 1. The van der Waals surface area contributed by atoms with Crippen molar-refractivity contribution in [2.24, 2.45) is 7.05 Å². The number of nitrogens with zero attached hydrogens (tertiary/aromatic N) is 3. The van der Waals surface area contributed by atoms with Crippen LogP contribution in [-0.4, -0.2) is 27.5 Å². The van der Waals surface area contributed by atoms with Gasteiger partial charge in [-0.05, 0) is 26.0 Å². The second-order valence-electron chi connectivity index (χ2n) is 4.96. The van der Waals surface area contributed by atoms with Gasteiger partial charge in [-0.1, -0.05) is 28.1 Å². The Kier molecular flexibility index (Phi) is 3.17. The summed E-state index contributed by atoms with van der Waals surface area (Å²) in [6, 6.07) is 8.22. The van der Waals surface area contributed by atoms with Crippen molar-refractivity contribution in [3.8, 4) is 0 Å². The van der Waals surface area contributed by atoms with E-state index in [-0.39, 0.29) is 5.54 Å². The molecule has 0 spiro atoms. The minimum absolute atomic E-state index is 0.0368. The van der Waals surface area contributed by atoms with E-state index in [1.807, 2.05) is 18.2 Å². The van der Waals surface area contributed by atoms with Crippen LogP contribution in [0, 0.1) is 0 Å². The van der Waals surface area contributed by atoms with Gasteiger partial charge in [-0.25, -0.2) is 4.98 Å². The van der Waals surface area contributed by atoms with Crippen LogP contribution >= 0.6 is 15.9 Å². The molecule has 4 heteroatoms. The number of halogens is 1. The molecule has 0 fully saturated rings. The van der Waals surface area contributed by atoms with Gasteiger partial charge in [0.15, 0.2) is 0 Å². The predicted molar refractivity (Wildman–Crippen MR) is 77.0 cm³/mol. The highest BCUT2D eigenvalue weighted by Gasteiger charge is 2.25. The second kappa shape index (κ2) is 4.33. The number of benzene rings is 1. The lowest BCUT2D eigenvalue weighted by molar-refractivity contribution is 0.536. The fraction of sp³-hybridized carbons (Fsp3) is 0.462. The topological polar surface area (TPSA) is 21.1 Å². The average Bonchev–Trinajstić information content (AvgIpc) is 2.66. The van der Waals surface area contributed by atoms with E-state index in [1.165, 1.54) is 5.52 Å². The number of aromatic nitrogens is 2. The summed E-state index contributed by atoms with van der Waals surface area (Å²) in [5, 5.41) is 0.902. The van der Waals surface area contributed by atoms with Crippen LogP contribution in [0.4, 0.5) is 5.95 Å². The van der Waals surface area contributed by atoms with E-state index in [0.29, 0.717) is 0 Å². The molecule has 0 N–H and O–H groups in total. The van der Waals surface area contributed by atoms with Crippen molar-refractivity contribution in [3.05, 3.63) is 24.3 Å². The molecule has 0 atom stereocenters. The summed E-state index contributed by atoms with van der Waals surface area (Å²) >= 11 is 3.56. The van der Waals surface area contributed by atoms with Gasteiger partial charge in [-0.2, -0.15) is 0 Å². The molecule has 0 bridgehead atoms. The lowest BCUT2D eigenvalue weighted by Gasteiger charge is -2.34. The lowest BCUT2D eigenvalue weighted by atomic mass is 10.1. The van der Waals surface area contributed by atoms with Crippen molar-refractivity contribution in [3.63, 3.8) is 0 Å². The van der Waals surface area contributed by atoms with E-state index in [4.69, 9.17) is 4.98 Å². The van der Waals surface area contributed by atoms with Crippen LogP contribution in [0.25, 0.3) is 11.0 Å². The van der Waals surface area contributed by atoms with Crippen molar-refractivity contribution >= 4 is 32.9 Å². The van der Waals surface area contributed by atoms with Crippen LogP contribution in [0.5, 0.6) is 0 Å². The number of hydrogen-bond donors (Lipinski definition) is 0. The summed E-state index contributed by atoms with van der Waals surface area (Å²) in [6.07, 6.45) is 0. The molecule has 1 aromatic heterocycles. The van der Waals surface area contributed by atoms with Gasteiger partial charge in [-0.3, -0.25) is 0 Å². The van der Waals surface area contributed by atoms with Crippen LogP contribution in [0.3, 0.4) is 0 Å². The summed E-state index contributed by atoms with van der Waals surface area (Å²) in [7, 11) is 4.15. The largest absolute Gasteiger partial charge is 0.339 e. The maximum Gasteiger partial charge on any atom is 0.206 e. The standard InChI is InChI=1S/C13H18BrN3/c1-13(2,9-14)17(4)12-15-10-7-5-6-8-11(10)16(12)3/h5-8H,9H2,1-4H3. The Hall–Kier alpha value is -1.03. The fourth-order valence-corrected chi connectivity index (χ4v) is 2.17. The fourth-order valence-electron chi connectivity index (χ4n) is 1.79. The first-order valence-corrected chi connectivity index (χ1v) is 6.81. The summed E-state index contributed by atoms with van der Waals surface area (Å²) in [5.74, 6) is 0.996. The number of para-hydroxylation sites is 2. The third-order valence-corrected chi connectivity index (χ3v) is 4.67. The smallest absolute Gasteiger partial charge is 0.206 e. The molecule has 0 aliphatic carbocycles.